The highest BCUT2D eigenvalue weighted by Crippen LogP contribution is 1.96. The van der Waals surface area contributed by atoms with Gasteiger partial charge >= 0.3 is 0 Å². The Kier molecular flexibility index (Phi) is 4.32. The first-order chi connectivity index (χ1) is 9.70. The summed E-state index contributed by atoms with van der Waals surface area (Å²) in [6, 6.07) is 12.2. The lowest BCUT2D eigenvalue weighted by molar-refractivity contribution is 0.0953. The van der Waals surface area contributed by atoms with Gasteiger partial charge in [0.2, 0.25) is 0 Å². The number of nitrogen functional groups attached to an aromatic ring is 1. The highest BCUT2D eigenvalue weighted by molar-refractivity contribution is 5.93. The summed E-state index contributed by atoms with van der Waals surface area (Å²) in [5.41, 5.74) is 2.80. The van der Waals surface area contributed by atoms with Gasteiger partial charge in [-0.2, -0.15) is 0 Å². The molecule has 2 aromatic rings. The molecule has 0 unspecified atom stereocenters. The average Bonchev–Trinajstić information content (AvgIpc) is 2.49. The van der Waals surface area contributed by atoms with E-state index in [1.807, 2.05) is 35.8 Å². The molecular weight excluding hydrogens is 254 g/mol. The number of nitrogens with one attached hydrogen (secondary N) is 1. The third-order valence-corrected chi connectivity index (χ3v) is 2.65. The van der Waals surface area contributed by atoms with E-state index in [0.717, 1.165) is 5.56 Å². The van der Waals surface area contributed by atoms with E-state index in [9.17, 15) is 9.59 Å². The highest BCUT2D eigenvalue weighted by atomic mass is 16.2. The zero-order valence-electron chi connectivity index (χ0n) is 10.7. The van der Waals surface area contributed by atoms with Crippen LogP contribution in [0.5, 0.6) is 0 Å². The highest BCUT2D eigenvalue weighted by Gasteiger charge is 2.04. The number of aromatic nitrogens is 1. The molecule has 1 heterocycles. The molecule has 0 aliphatic heterocycles. The number of carbonyl (C=O) groups is 1. The number of hydrogen-bond acceptors (Lipinski definition) is 3. The minimum absolute atomic E-state index is 0.227. The van der Waals surface area contributed by atoms with E-state index in [1.165, 1.54) is 22.9 Å². The molecule has 1 aromatic carbocycles. The first kappa shape index (κ1) is 13.6. The van der Waals surface area contributed by atoms with Gasteiger partial charge in [-0.15, -0.1) is 0 Å². The van der Waals surface area contributed by atoms with Gasteiger partial charge in [0.05, 0.1) is 6.54 Å². The molecule has 0 spiro atoms. The maximum absolute atomic E-state index is 11.8. The number of benzene rings is 1. The first-order valence-electron chi connectivity index (χ1n) is 5.96. The number of amides is 1. The van der Waals surface area contributed by atoms with E-state index in [0.29, 0.717) is 0 Å². The lowest BCUT2D eigenvalue weighted by Gasteiger charge is -2.02. The molecule has 0 saturated heterocycles. The molecule has 0 aliphatic rings. The Morgan fingerprint density at radius 3 is 2.65 bits per heavy atom. The molecule has 0 atom stereocenters. The van der Waals surface area contributed by atoms with Crippen molar-refractivity contribution < 1.29 is 4.79 Å². The van der Waals surface area contributed by atoms with E-state index in [1.54, 1.807) is 0 Å². The second-order valence-electron chi connectivity index (χ2n) is 4.02. The third kappa shape index (κ3) is 3.34. The molecule has 0 fully saturated rings. The zero-order valence-corrected chi connectivity index (χ0v) is 10.7. The van der Waals surface area contributed by atoms with Crippen LogP contribution in [0.15, 0.2) is 53.5 Å². The number of hydrazine groups is 1. The largest absolute Gasteiger partial charge is 0.304 e. The van der Waals surface area contributed by atoms with Crippen LogP contribution in [-0.4, -0.2) is 10.5 Å². The van der Waals surface area contributed by atoms with Crippen LogP contribution in [0.25, 0.3) is 0 Å². The quantitative estimate of drug-likeness (QED) is 0.360. The number of carbonyl (C=O) groups excluding carboxylic acids is 1. The average molecular weight is 267 g/mol. The van der Waals surface area contributed by atoms with Crippen LogP contribution >= 0.6 is 0 Å². The van der Waals surface area contributed by atoms with Gasteiger partial charge in [0.15, 0.2) is 0 Å². The molecule has 0 bridgehead atoms. The normalized spacial score (nSPS) is 9.45. The van der Waals surface area contributed by atoms with E-state index in [2.05, 4.69) is 11.8 Å². The minimum Gasteiger partial charge on any atom is -0.304 e. The first-order valence-corrected chi connectivity index (χ1v) is 5.96. The second kappa shape index (κ2) is 6.36. The van der Waals surface area contributed by atoms with Crippen molar-refractivity contribution >= 4 is 5.91 Å². The van der Waals surface area contributed by atoms with E-state index in [4.69, 9.17) is 5.84 Å². The Labute approximate surface area is 116 Å². The SMILES string of the molecule is NNC(=O)c1ccn(CC#Cc2ccccc2)c(=O)c1. The molecule has 2 rings (SSSR count). The van der Waals surface area contributed by atoms with Crippen LogP contribution in [-0.2, 0) is 6.54 Å². The summed E-state index contributed by atoms with van der Waals surface area (Å²) in [5, 5.41) is 0. The monoisotopic (exact) mass is 267 g/mol. The van der Waals surface area contributed by atoms with Crippen molar-refractivity contribution in [2.75, 3.05) is 0 Å². The molecule has 5 nitrogen and oxygen atoms in total. The number of hydrogen-bond donors (Lipinski definition) is 2. The fraction of sp³-hybridized carbons (Fsp3) is 0.0667. The predicted octanol–water partition coefficient (Wildman–Crippen LogP) is 0.503. The Bertz CT molecular complexity index is 724. The number of nitrogens with two attached hydrogens (primary N) is 1. The van der Waals surface area contributed by atoms with E-state index >= 15 is 0 Å². The summed E-state index contributed by atoms with van der Waals surface area (Å²) in [6.45, 7) is 0.262. The van der Waals surface area contributed by atoms with Gasteiger partial charge in [-0.05, 0) is 18.2 Å². The minimum atomic E-state index is -0.496. The van der Waals surface area contributed by atoms with E-state index < -0.39 is 5.91 Å². The van der Waals surface area contributed by atoms with Crippen molar-refractivity contribution in [3.05, 3.63) is 70.1 Å². The molecule has 1 aromatic heterocycles. The Morgan fingerprint density at radius 2 is 2.00 bits per heavy atom. The van der Waals surface area contributed by atoms with Gasteiger partial charge in [-0.3, -0.25) is 15.0 Å². The Balaban J connectivity index is 2.14. The van der Waals surface area contributed by atoms with Crippen molar-refractivity contribution in [2.45, 2.75) is 6.54 Å². The second-order valence-corrected chi connectivity index (χ2v) is 4.02. The van der Waals surface area contributed by atoms with Gasteiger partial charge in [-0.1, -0.05) is 30.0 Å². The van der Waals surface area contributed by atoms with Gasteiger partial charge < -0.3 is 4.57 Å². The Morgan fingerprint density at radius 1 is 1.25 bits per heavy atom. The number of pyridine rings is 1. The Hall–Kier alpha value is -2.84. The van der Waals surface area contributed by atoms with Gasteiger partial charge in [0.1, 0.15) is 0 Å². The molecule has 5 heteroatoms. The van der Waals surface area contributed by atoms with Crippen LogP contribution < -0.4 is 16.8 Å². The summed E-state index contributed by atoms with van der Waals surface area (Å²) >= 11 is 0. The van der Waals surface area contributed by atoms with Crippen LogP contribution in [0.1, 0.15) is 15.9 Å². The fourth-order valence-corrected chi connectivity index (χ4v) is 1.61. The maximum Gasteiger partial charge on any atom is 0.265 e. The predicted molar refractivity (Wildman–Crippen MR) is 75.7 cm³/mol. The zero-order chi connectivity index (χ0) is 14.4. The summed E-state index contributed by atoms with van der Waals surface area (Å²) in [6.07, 6.45) is 1.52. The maximum atomic E-state index is 11.8. The van der Waals surface area contributed by atoms with Crippen molar-refractivity contribution in [2.24, 2.45) is 5.84 Å². The van der Waals surface area contributed by atoms with Gasteiger partial charge in [-0.25, -0.2) is 5.84 Å². The molecular formula is C15H13N3O2. The van der Waals surface area contributed by atoms with Crippen molar-refractivity contribution in [3.8, 4) is 11.8 Å². The standard InChI is InChI=1S/C15H13N3O2/c16-17-15(20)13-8-10-18(14(19)11-13)9-4-7-12-5-2-1-3-6-12/h1-3,5-6,8,10-11H,9,16H2,(H,17,20). The molecule has 20 heavy (non-hydrogen) atoms. The van der Waals surface area contributed by atoms with Crippen LogP contribution in [0.4, 0.5) is 0 Å². The van der Waals surface area contributed by atoms with Crippen molar-refractivity contribution in [1.29, 1.82) is 0 Å². The van der Waals surface area contributed by atoms with Crippen LogP contribution in [0, 0.1) is 11.8 Å². The molecule has 1 amide bonds. The lowest BCUT2D eigenvalue weighted by Crippen LogP contribution is -2.31. The van der Waals surface area contributed by atoms with Crippen LogP contribution in [0.2, 0.25) is 0 Å². The fourth-order valence-electron chi connectivity index (χ4n) is 1.61. The van der Waals surface area contributed by atoms with E-state index in [-0.39, 0.29) is 17.7 Å². The molecule has 3 N–H and O–H groups in total. The summed E-state index contributed by atoms with van der Waals surface area (Å²) in [5.74, 6) is 10.4. The van der Waals surface area contributed by atoms with Crippen LogP contribution in [0.3, 0.4) is 0 Å². The summed E-state index contributed by atoms with van der Waals surface area (Å²) in [4.78, 5) is 23.0. The summed E-state index contributed by atoms with van der Waals surface area (Å²) in [7, 11) is 0. The van der Waals surface area contributed by atoms with Crippen molar-refractivity contribution in [1.82, 2.24) is 9.99 Å². The third-order valence-electron chi connectivity index (χ3n) is 2.65. The molecule has 0 saturated carbocycles. The molecule has 100 valence electrons. The topological polar surface area (TPSA) is 77.1 Å². The molecule has 0 aliphatic carbocycles. The number of nitrogens with zero attached hydrogens (tertiary/aromatic N) is 1. The molecule has 0 radical (unpaired) electrons. The van der Waals surface area contributed by atoms with Crippen molar-refractivity contribution in [3.63, 3.8) is 0 Å². The number of rotatable bonds is 2. The lowest BCUT2D eigenvalue weighted by atomic mass is 10.2. The van der Waals surface area contributed by atoms with Gasteiger partial charge in [0.25, 0.3) is 11.5 Å². The summed E-state index contributed by atoms with van der Waals surface area (Å²) < 4.78 is 1.42. The smallest absolute Gasteiger partial charge is 0.265 e. The van der Waals surface area contributed by atoms with Gasteiger partial charge in [0, 0.05) is 23.4 Å².